The first-order valence-corrected chi connectivity index (χ1v) is 8.69. The van der Waals surface area contributed by atoms with E-state index in [1.165, 1.54) is 19.2 Å². The average molecular weight is 385 g/mol. The van der Waals surface area contributed by atoms with Crippen LogP contribution in [0.1, 0.15) is 45.7 Å². The van der Waals surface area contributed by atoms with E-state index in [0.717, 1.165) is 23.5 Å². The summed E-state index contributed by atoms with van der Waals surface area (Å²) in [5.74, 6) is -1.31. The van der Waals surface area contributed by atoms with Crippen LogP contribution >= 0.6 is 11.3 Å². The summed E-state index contributed by atoms with van der Waals surface area (Å²) in [4.78, 5) is 24.5. The molecular formula is C18H18F3NO3S. The number of carbonyl (C=O) groups excluding carboxylic acids is 2. The maximum Gasteiger partial charge on any atom is 0.417 e. The highest BCUT2D eigenvalue weighted by Crippen LogP contribution is 2.34. The summed E-state index contributed by atoms with van der Waals surface area (Å²) < 4.78 is 44.1. The Morgan fingerprint density at radius 3 is 2.46 bits per heavy atom. The molecule has 26 heavy (non-hydrogen) atoms. The first-order chi connectivity index (χ1) is 12.1. The Balaban J connectivity index is 2.39. The van der Waals surface area contributed by atoms with Gasteiger partial charge in [0.2, 0.25) is 0 Å². The molecule has 0 atom stereocenters. The first-order valence-electron chi connectivity index (χ1n) is 7.81. The Bertz CT molecular complexity index is 812. The molecule has 0 fully saturated rings. The minimum absolute atomic E-state index is 0.175. The van der Waals surface area contributed by atoms with Gasteiger partial charge < -0.3 is 10.1 Å². The lowest BCUT2D eigenvalue weighted by Crippen LogP contribution is -2.19. The van der Waals surface area contributed by atoms with Crippen molar-refractivity contribution < 1.29 is 27.5 Å². The van der Waals surface area contributed by atoms with Crippen molar-refractivity contribution >= 4 is 28.2 Å². The molecule has 1 aromatic heterocycles. The summed E-state index contributed by atoms with van der Waals surface area (Å²) in [5, 5.41) is 4.31. The molecule has 2 rings (SSSR count). The largest absolute Gasteiger partial charge is 0.465 e. The van der Waals surface area contributed by atoms with Crippen LogP contribution in [0.5, 0.6) is 0 Å². The summed E-state index contributed by atoms with van der Waals surface area (Å²) in [5.41, 5.74) is -0.661. The minimum atomic E-state index is -4.66. The number of anilines is 1. The van der Waals surface area contributed by atoms with Crippen LogP contribution in [0.4, 0.5) is 18.2 Å². The lowest BCUT2D eigenvalue weighted by Gasteiger charge is -2.13. The van der Waals surface area contributed by atoms with Crippen molar-refractivity contribution in [3.05, 3.63) is 51.9 Å². The van der Waals surface area contributed by atoms with Gasteiger partial charge in [0.15, 0.2) is 0 Å². The van der Waals surface area contributed by atoms with Crippen LogP contribution in [0, 0.1) is 5.92 Å². The second-order valence-corrected chi connectivity index (χ2v) is 6.93. The topological polar surface area (TPSA) is 55.4 Å². The van der Waals surface area contributed by atoms with E-state index in [1.807, 2.05) is 13.8 Å². The summed E-state index contributed by atoms with van der Waals surface area (Å²) in [7, 11) is 1.21. The number of halogens is 3. The monoisotopic (exact) mass is 385 g/mol. The van der Waals surface area contributed by atoms with Gasteiger partial charge in [-0.25, -0.2) is 4.79 Å². The van der Waals surface area contributed by atoms with Crippen molar-refractivity contribution in [1.82, 2.24) is 0 Å². The van der Waals surface area contributed by atoms with E-state index in [2.05, 4.69) is 5.32 Å². The van der Waals surface area contributed by atoms with E-state index in [-0.39, 0.29) is 16.5 Å². The van der Waals surface area contributed by atoms with E-state index in [9.17, 15) is 22.8 Å². The maximum atomic E-state index is 13.1. The van der Waals surface area contributed by atoms with Crippen LogP contribution in [0.2, 0.25) is 0 Å². The highest BCUT2D eigenvalue weighted by atomic mass is 32.1. The van der Waals surface area contributed by atoms with E-state index < -0.39 is 29.2 Å². The molecule has 0 radical (unpaired) electrons. The molecule has 0 spiro atoms. The number of ether oxygens (including phenoxy) is 1. The van der Waals surface area contributed by atoms with Crippen molar-refractivity contribution in [3.8, 4) is 0 Å². The van der Waals surface area contributed by atoms with Crippen molar-refractivity contribution in [1.29, 1.82) is 0 Å². The van der Waals surface area contributed by atoms with Crippen molar-refractivity contribution in [2.24, 2.45) is 5.92 Å². The predicted molar refractivity (Wildman–Crippen MR) is 93.6 cm³/mol. The van der Waals surface area contributed by atoms with Gasteiger partial charge in [0.25, 0.3) is 5.91 Å². The fourth-order valence-electron chi connectivity index (χ4n) is 2.50. The Labute approximate surface area is 153 Å². The molecule has 1 amide bonds. The van der Waals surface area contributed by atoms with E-state index in [4.69, 9.17) is 4.74 Å². The van der Waals surface area contributed by atoms with Crippen molar-refractivity contribution in [3.63, 3.8) is 0 Å². The molecular weight excluding hydrogens is 367 g/mol. The van der Waals surface area contributed by atoms with Crippen LogP contribution in [0.3, 0.4) is 0 Å². The Morgan fingerprint density at radius 2 is 1.88 bits per heavy atom. The molecule has 8 heteroatoms. The third-order valence-corrected chi connectivity index (χ3v) is 4.53. The summed E-state index contributed by atoms with van der Waals surface area (Å²) in [6, 6.07) is 4.50. The molecule has 2 aromatic rings. The third-order valence-electron chi connectivity index (χ3n) is 3.59. The number of amides is 1. The Hall–Kier alpha value is -2.35. The number of alkyl halides is 3. The van der Waals surface area contributed by atoms with Gasteiger partial charge in [-0.2, -0.15) is 13.2 Å². The first kappa shape index (κ1) is 20.0. The molecule has 1 N–H and O–H groups in total. The van der Waals surface area contributed by atoms with Gasteiger partial charge in [-0.05, 0) is 35.4 Å². The summed E-state index contributed by atoms with van der Waals surface area (Å²) in [6.45, 7) is 3.94. The number of hydrogen-bond donors (Lipinski definition) is 1. The lowest BCUT2D eigenvalue weighted by atomic mass is 10.0. The van der Waals surface area contributed by atoms with Gasteiger partial charge in [-0.3, -0.25) is 4.79 Å². The van der Waals surface area contributed by atoms with Gasteiger partial charge in [0, 0.05) is 0 Å². The standard InChI is InChI=1S/C18H18F3NO3S/c1-10(2)8-11-9-26-16(14(11)17(24)25-3)22-15(23)12-6-4-5-7-13(12)18(19,20)21/h4-7,9-10H,8H2,1-3H3,(H,22,23). The molecule has 0 saturated carbocycles. The smallest absolute Gasteiger partial charge is 0.417 e. The van der Waals surface area contributed by atoms with E-state index in [0.29, 0.717) is 12.0 Å². The van der Waals surface area contributed by atoms with Gasteiger partial charge in [0.05, 0.1) is 23.8 Å². The SMILES string of the molecule is COC(=O)c1c(CC(C)C)csc1NC(=O)c1ccccc1C(F)(F)F. The van der Waals surface area contributed by atoms with Gasteiger partial charge >= 0.3 is 12.1 Å². The van der Waals surface area contributed by atoms with Gasteiger partial charge in [-0.1, -0.05) is 26.0 Å². The molecule has 0 saturated heterocycles. The second-order valence-electron chi connectivity index (χ2n) is 6.05. The fourth-order valence-corrected chi connectivity index (χ4v) is 3.46. The van der Waals surface area contributed by atoms with Crippen molar-refractivity contribution in [2.45, 2.75) is 26.4 Å². The summed E-state index contributed by atoms with van der Waals surface area (Å²) in [6.07, 6.45) is -4.08. The van der Waals surface area contributed by atoms with E-state index >= 15 is 0 Å². The number of carbonyl (C=O) groups is 2. The average Bonchev–Trinajstić information content (AvgIpc) is 2.94. The van der Waals surface area contributed by atoms with Crippen LogP contribution in [0.25, 0.3) is 0 Å². The molecule has 1 aromatic carbocycles. The zero-order valence-electron chi connectivity index (χ0n) is 14.4. The minimum Gasteiger partial charge on any atom is -0.465 e. The number of thiophene rings is 1. The van der Waals surface area contributed by atoms with Crippen molar-refractivity contribution in [2.75, 3.05) is 12.4 Å². The van der Waals surface area contributed by atoms with Crippen LogP contribution in [0.15, 0.2) is 29.6 Å². The highest BCUT2D eigenvalue weighted by molar-refractivity contribution is 7.15. The zero-order chi connectivity index (χ0) is 19.5. The summed E-state index contributed by atoms with van der Waals surface area (Å²) >= 11 is 1.08. The van der Waals surface area contributed by atoms with Gasteiger partial charge in [0.1, 0.15) is 5.00 Å². The molecule has 0 bridgehead atoms. The molecule has 0 aliphatic carbocycles. The lowest BCUT2D eigenvalue weighted by molar-refractivity contribution is -0.137. The third kappa shape index (κ3) is 4.43. The van der Waals surface area contributed by atoms with E-state index in [1.54, 1.807) is 5.38 Å². The van der Waals surface area contributed by atoms with Crippen LogP contribution in [-0.4, -0.2) is 19.0 Å². The number of rotatable bonds is 5. The quantitative estimate of drug-likeness (QED) is 0.737. The van der Waals surface area contributed by atoms with Crippen LogP contribution < -0.4 is 5.32 Å². The van der Waals surface area contributed by atoms with Gasteiger partial charge in [-0.15, -0.1) is 11.3 Å². The number of esters is 1. The molecule has 140 valence electrons. The Morgan fingerprint density at radius 1 is 1.23 bits per heavy atom. The number of hydrogen-bond acceptors (Lipinski definition) is 4. The highest BCUT2D eigenvalue weighted by Gasteiger charge is 2.35. The normalized spacial score (nSPS) is 11.5. The molecule has 0 aliphatic heterocycles. The molecule has 0 aliphatic rings. The number of nitrogens with one attached hydrogen (secondary N) is 1. The predicted octanol–water partition coefficient (Wildman–Crippen LogP) is 5.00. The maximum absolute atomic E-state index is 13.1. The Kier molecular flexibility index (Phi) is 6.07. The van der Waals surface area contributed by atoms with Crippen LogP contribution in [-0.2, 0) is 17.3 Å². The number of benzene rings is 1. The second kappa shape index (κ2) is 7.90. The number of methoxy groups -OCH3 is 1. The molecule has 4 nitrogen and oxygen atoms in total. The molecule has 1 heterocycles. The zero-order valence-corrected chi connectivity index (χ0v) is 15.3. The fraction of sp³-hybridized carbons (Fsp3) is 0.333. The molecule has 0 unspecified atom stereocenters.